The van der Waals surface area contributed by atoms with E-state index in [0.717, 1.165) is 0 Å². The van der Waals surface area contributed by atoms with E-state index in [-0.39, 0.29) is 0 Å². The van der Waals surface area contributed by atoms with E-state index in [1.165, 1.54) is 51.4 Å². The van der Waals surface area contributed by atoms with Gasteiger partial charge in [0.05, 0.1) is 0 Å². The first-order valence-corrected chi connectivity index (χ1v) is 5.94. The van der Waals surface area contributed by atoms with Crippen molar-refractivity contribution in [2.75, 3.05) is 0 Å². The first-order chi connectivity index (χ1) is 6.19. The fourth-order valence-electron chi connectivity index (χ4n) is 2.50. The van der Waals surface area contributed by atoms with Crippen molar-refractivity contribution in [3.05, 3.63) is 0 Å². The lowest BCUT2D eigenvalue weighted by molar-refractivity contribution is 0.161. The summed E-state index contributed by atoms with van der Waals surface area (Å²) in [7, 11) is 0. The number of unbranched alkanes of at least 4 members (excludes halogenated alkanes) is 1. The highest BCUT2D eigenvalue weighted by Crippen LogP contribution is 2.39. The van der Waals surface area contributed by atoms with Crippen LogP contribution in [0.1, 0.15) is 65.2 Å². The molecule has 0 aliphatic heterocycles. The lowest BCUT2D eigenvalue weighted by Gasteiger charge is -2.39. The topological polar surface area (TPSA) is 26.0 Å². The molecule has 0 radical (unpaired) electrons. The van der Waals surface area contributed by atoms with Gasteiger partial charge in [0, 0.05) is 6.04 Å². The average Bonchev–Trinajstić information content (AvgIpc) is 2.15. The molecule has 1 heteroatoms. The van der Waals surface area contributed by atoms with Gasteiger partial charge in [0.25, 0.3) is 0 Å². The Morgan fingerprint density at radius 1 is 1.23 bits per heavy atom. The molecule has 1 aliphatic carbocycles. The maximum absolute atomic E-state index is 6.27. The van der Waals surface area contributed by atoms with E-state index < -0.39 is 0 Å². The summed E-state index contributed by atoms with van der Waals surface area (Å²) in [6.45, 7) is 4.64. The summed E-state index contributed by atoms with van der Waals surface area (Å²) in [5.74, 6) is 0. The van der Waals surface area contributed by atoms with Crippen LogP contribution in [0.3, 0.4) is 0 Å². The van der Waals surface area contributed by atoms with E-state index in [1.807, 2.05) is 0 Å². The Kier molecular flexibility index (Phi) is 4.24. The van der Waals surface area contributed by atoms with E-state index in [0.29, 0.717) is 11.5 Å². The Balaban J connectivity index is 2.37. The van der Waals surface area contributed by atoms with Crippen LogP contribution in [-0.4, -0.2) is 6.04 Å². The third-order valence-corrected chi connectivity index (χ3v) is 3.76. The van der Waals surface area contributed by atoms with Crippen LogP contribution in [0.25, 0.3) is 0 Å². The summed E-state index contributed by atoms with van der Waals surface area (Å²) in [4.78, 5) is 0. The van der Waals surface area contributed by atoms with Crippen LogP contribution in [0.2, 0.25) is 0 Å². The van der Waals surface area contributed by atoms with Crippen LogP contribution in [0, 0.1) is 5.41 Å². The summed E-state index contributed by atoms with van der Waals surface area (Å²) in [6, 6.07) is 0.452. The van der Waals surface area contributed by atoms with Crippen molar-refractivity contribution >= 4 is 0 Å². The molecule has 1 unspecified atom stereocenters. The Hall–Kier alpha value is -0.0400. The molecule has 1 atom stereocenters. The van der Waals surface area contributed by atoms with E-state index in [9.17, 15) is 0 Å². The molecule has 1 aliphatic rings. The van der Waals surface area contributed by atoms with E-state index in [1.54, 1.807) is 0 Å². The highest BCUT2D eigenvalue weighted by molar-refractivity contribution is 4.87. The van der Waals surface area contributed by atoms with Gasteiger partial charge in [-0.15, -0.1) is 0 Å². The quantitative estimate of drug-likeness (QED) is 0.709. The molecule has 78 valence electrons. The second-order valence-electron chi connectivity index (χ2n) is 4.96. The molecule has 13 heavy (non-hydrogen) atoms. The molecule has 1 rings (SSSR count). The van der Waals surface area contributed by atoms with Crippen molar-refractivity contribution in [3.63, 3.8) is 0 Å². The lowest BCUT2D eigenvalue weighted by atomic mass is 9.69. The normalized spacial score (nSPS) is 24.2. The maximum Gasteiger partial charge on any atom is 0.00929 e. The zero-order valence-electron chi connectivity index (χ0n) is 9.31. The number of hydrogen-bond acceptors (Lipinski definition) is 1. The first kappa shape index (κ1) is 11.0. The predicted molar refractivity (Wildman–Crippen MR) is 58.7 cm³/mol. The Bertz CT molecular complexity index is 136. The summed E-state index contributed by atoms with van der Waals surface area (Å²) in [6.07, 6.45) is 10.8. The van der Waals surface area contributed by atoms with Gasteiger partial charge in [0.1, 0.15) is 0 Å². The third-order valence-electron chi connectivity index (χ3n) is 3.76. The number of rotatable bonds is 4. The third kappa shape index (κ3) is 2.98. The number of nitrogens with two attached hydrogens (primary N) is 1. The molecule has 0 spiro atoms. The summed E-state index contributed by atoms with van der Waals surface area (Å²) in [5, 5.41) is 0. The van der Waals surface area contributed by atoms with Crippen LogP contribution < -0.4 is 5.73 Å². The standard InChI is InChI=1S/C12H25N/c1-3-4-8-11(13)12(2)9-6-5-7-10-12/h11H,3-10,13H2,1-2H3. The molecule has 0 bridgehead atoms. The van der Waals surface area contributed by atoms with Crippen LogP contribution in [-0.2, 0) is 0 Å². The molecule has 0 aromatic rings. The molecule has 1 saturated carbocycles. The van der Waals surface area contributed by atoms with Gasteiger partial charge in [-0.2, -0.15) is 0 Å². The summed E-state index contributed by atoms with van der Waals surface area (Å²) < 4.78 is 0. The van der Waals surface area contributed by atoms with Crippen LogP contribution >= 0.6 is 0 Å². The molecule has 0 heterocycles. The van der Waals surface area contributed by atoms with E-state index in [2.05, 4.69) is 13.8 Å². The van der Waals surface area contributed by atoms with Crippen molar-refractivity contribution in [2.24, 2.45) is 11.1 Å². The van der Waals surface area contributed by atoms with Gasteiger partial charge < -0.3 is 5.73 Å². The minimum atomic E-state index is 0.452. The number of hydrogen-bond donors (Lipinski definition) is 1. The Morgan fingerprint density at radius 3 is 2.38 bits per heavy atom. The molecule has 1 nitrogen and oxygen atoms in total. The van der Waals surface area contributed by atoms with Crippen LogP contribution in [0.5, 0.6) is 0 Å². The van der Waals surface area contributed by atoms with Crippen LogP contribution in [0.15, 0.2) is 0 Å². The van der Waals surface area contributed by atoms with E-state index >= 15 is 0 Å². The minimum absolute atomic E-state index is 0.452. The minimum Gasteiger partial charge on any atom is -0.327 e. The Morgan fingerprint density at radius 2 is 1.85 bits per heavy atom. The highest BCUT2D eigenvalue weighted by atomic mass is 14.7. The van der Waals surface area contributed by atoms with Crippen molar-refractivity contribution in [1.29, 1.82) is 0 Å². The molecule has 0 saturated heterocycles. The second kappa shape index (κ2) is 4.99. The van der Waals surface area contributed by atoms with Crippen molar-refractivity contribution in [1.82, 2.24) is 0 Å². The zero-order chi connectivity index (χ0) is 9.73. The molecule has 0 amide bonds. The van der Waals surface area contributed by atoms with Gasteiger partial charge >= 0.3 is 0 Å². The Labute approximate surface area is 83.1 Å². The highest BCUT2D eigenvalue weighted by Gasteiger charge is 2.32. The van der Waals surface area contributed by atoms with Gasteiger partial charge in [-0.05, 0) is 24.7 Å². The second-order valence-corrected chi connectivity index (χ2v) is 4.96. The fourth-order valence-corrected chi connectivity index (χ4v) is 2.50. The molecule has 2 N–H and O–H groups in total. The molecule has 0 aromatic heterocycles. The summed E-state index contributed by atoms with van der Waals surface area (Å²) in [5.41, 5.74) is 6.73. The van der Waals surface area contributed by atoms with Crippen molar-refractivity contribution < 1.29 is 0 Å². The SMILES string of the molecule is CCCCC(N)C1(C)CCCCC1. The maximum atomic E-state index is 6.27. The van der Waals surface area contributed by atoms with E-state index in [4.69, 9.17) is 5.73 Å². The largest absolute Gasteiger partial charge is 0.327 e. The van der Waals surface area contributed by atoms with Crippen molar-refractivity contribution in [2.45, 2.75) is 71.3 Å². The lowest BCUT2D eigenvalue weighted by Crippen LogP contribution is -2.40. The smallest absolute Gasteiger partial charge is 0.00929 e. The molecular weight excluding hydrogens is 158 g/mol. The monoisotopic (exact) mass is 183 g/mol. The van der Waals surface area contributed by atoms with Gasteiger partial charge in [-0.3, -0.25) is 0 Å². The fraction of sp³-hybridized carbons (Fsp3) is 1.00. The van der Waals surface area contributed by atoms with Crippen molar-refractivity contribution in [3.8, 4) is 0 Å². The molecule has 1 fully saturated rings. The molecular formula is C12H25N. The van der Waals surface area contributed by atoms with Gasteiger partial charge in [0.15, 0.2) is 0 Å². The van der Waals surface area contributed by atoms with Crippen LogP contribution in [0.4, 0.5) is 0 Å². The average molecular weight is 183 g/mol. The van der Waals surface area contributed by atoms with Gasteiger partial charge in [0.2, 0.25) is 0 Å². The van der Waals surface area contributed by atoms with Gasteiger partial charge in [-0.25, -0.2) is 0 Å². The van der Waals surface area contributed by atoms with Gasteiger partial charge in [-0.1, -0.05) is 46.0 Å². The molecule has 0 aromatic carbocycles. The summed E-state index contributed by atoms with van der Waals surface area (Å²) >= 11 is 0. The zero-order valence-corrected chi connectivity index (χ0v) is 9.31. The predicted octanol–water partition coefficient (Wildman–Crippen LogP) is 3.47. The first-order valence-electron chi connectivity index (χ1n) is 5.94.